The van der Waals surface area contributed by atoms with Crippen molar-refractivity contribution in [2.45, 2.75) is 44.7 Å². The van der Waals surface area contributed by atoms with Gasteiger partial charge in [0.2, 0.25) is 5.91 Å². The van der Waals surface area contributed by atoms with E-state index < -0.39 is 0 Å². The highest BCUT2D eigenvalue weighted by Gasteiger charge is 2.25. The van der Waals surface area contributed by atoms with Gasteiger partial charge < -0.3 is 11.1 Å². The fourth-order valence-electron chi connectivity index (χ4n) is 1.16. The molecule has 0 aromatic rings. The van der Waals surface area contributed by atoms with Crippen LogP contribution in [0.1, 0.15) is 32.6 Å². The van der Waals surface area contributed by atoms with E-state index in [1.54, 1.807) is 0 Å². The summed E-state index contributed by atoms with van der Waals surface area (Å²) >= 11 is 0. The molecule has 3 N–H and O–H groups in total. The topological polar surface area (TPSA) is 55.1 Å². The Kier molecular flexibility index (Phi) is 3.48. The Bertz CT molecular complexity index is 209. The zero-order valence-electron chi connectivity index (χ0n) is 8.18. The van der Waals surface area contributed by atoms with Crippen LogP contribution in [0.5, 0.6) is 0 Å². The summed E-state index contributed by atoms with van der Waals surface area (Å²) in [4.78, 5) is 11.4. The lowest BCUT2D eigenvalue weighted by atomic mass is 10.0. The van der Waals surface area contributed by atoms with Crippen LogP contribution >= 0.6 is 0 Å². The lowest BCUT2D eigenvalue weighted by Crippen LogP contribution is -2.35. The molecule has 0 heterocycles. The number of amides is 1. The Morgan fingerprint density at radius 1 is 1.69 bits per heavy atom. The minimum Gasteiger partial charge on any atom is -0.350 e. The van der Waals surface area contributed by atoms with E-state index in [-0.39, 0.29) is 11.9 Å². The first kappa shape index (κ1) is 10.3. The summed E-state index contributed by atoms with van der Waals surface area (Å²) in [6.07, 6.45) is 4.01. The standard InChI is InChI=1S/C10H18N2O/c1-3-4-9(11)7(2)10(13)12-8-5-6-8/h8-9H,2-6,11H2,1H3,(H,12,13)/t9-/m0/s1. The van der Waals surface area contributed by atoms with Crippen LogP contribution in [0.15, 0.2) is 12.2 Å². The molecule has 0 aromatic carbocycles. The van der Waals surface area contributed by atoms with E-state index in [1.165, 1.54) is 0 Å². The zero-order chi connectivity index (χ0) is 9.84. The number of nitrogens with one attached hydrogen (secondary N) is 1. The smallest absolute Gasteiger partial charge is 0.248 e. The van der Waals surface area contributed by atoms with Gasteiger partial charge in [0.05, 0.1) is 0 Å². The molecule has 0 aliphatic heterocycles. The molecule has 3 nitrogen and oxygen atoms in total. The van der Waals surface area contributed by atoms with Crippen molar-refractivity contribution in [3.05, 3.63) is 12.2 Å². The summed E-state index contributed by atoms with van der Waals surface area (Å²) < 4.78 is 0. The van der Waals surface area contributed by atoms with Crippen molar-refractivity contribution in [2.75, 3.05) is 0 Å². The first-order valence-electron chi connectivity index (χ1n) is 4.90. The van der Waals surface area contributed by atoms with E-state index in [1.807, 2.05) is 6.92 Å². The average molecular weight is 182 g/mol. The number of carbonyl (C=O) groups excluding carboxylic acids is 1. The van der Waals surface area contributed by atoms with Crippen molar-refractivity contribution in [1.82, 2.24) is 5.32 Å². The number of rotatable bonds is 5. The van der Waals surface area contributed by atoms with Gasteiger partial charge in [0.25, 0.3) is 0 Å². The van der Waals surface area contributed by atoms with Gasteiger partial charge in [0, 0.05) is 17.7 Å². The van der Waals surface area contributed by atoms with E-state index in [2.05, 4.69) is 11.9 Å². The van der Waals surface area contributed by atoms with Crippen molar-refractivity contribution in [1.29, 1.82) is 0 Å². The minimum atomic E-state index is -0.177. The van der Waals surface area contributed by atoms with E-state index in [4.69, 9.17) is 5.73 Å². The van der Waals surface area contributed by atoms with Gasteiger partial charge >= 0.3 is 0 Å². The van der Waals surface area contributed by atoms with Crippen molar-refractivity contribution >= 4 is 5.91 Å². The van der Waals surface area contributed by atoms with Crippen molar-refractivity contribution in [3.8, 4) is 0 Å². The molecule has 1 aliphatic rings. The second kappa shape index (κ2) is 4.42. The number of hydrogen-bond acceptors (Lipinski definition) is 2. The Hall–Kier alpha value is -0.830. The fraction of sp³-hybridized carbons (Fsp3) is 0.700. The maximum absolute atomic E-state index is 11.4. The third kappa shape index (κ3) is 3.19. The molecule has 1 fully saturated rings. The first-order valence-corrected chi connectivity index (χ1v) is 4.90. The second-order valence-electron chi connectivity index (χ2n) is 3.67. The Balaban J connectivity index is 2.31. The zero-order valence-corrected chi connectivity index (χ0v) is 8.18. The average Bonchev–Trinajstić information content (AvgIpc) is 2.87. The third-order valence-corrected chi connectivity index (χ3v) is 2.25. The molecule has 1 rings (SSSR count). The molecule has 0 unspecified atom stereocenters. The van der Waals surface area contributed by atoms with Crippen LogP contribution < -0.4 is 11.1 Å². The summed E-state index contributed by atoms with van der Waals surface area (Å²) in [7, 11) is 0. The lowest BCUT2D eigenvalue weighted by Gasteiger charge is -2.13. The highest BCUT2D eigenvalue weighted by atomic mass is 16.1. The van der Waals surface area contributed by atoms with Crippen LogP contribution in [0, 0.1) is 0 Å². The normalized spacial score (nSPS) is 18.0. The summed E-state index contributed by atoms with van der Waals surface area (Å²) in [6, 6.07) is 0.210. The lowest BCUT2D eigenvalue weighted by molar-refractivity contribution is -0.117. The van der Waals surface area contributed by atoms with Crippen LogP contribution in [0.25, 0.3) is 0 Å². The van der Waals surface area contributed by atoms with Crippen LogP contribution in [-0.2, 0) is 4.79 Å². The minimum absolute atomic E-state index is 0.0662. The van der Waals surface area contributed by atoms with Crippen molar-refractivity contribution in [3.63, 3.8) is 0 Å². The summed E-state index contributed by atoms with van der Waals surface area (Å²) in [5.74, 6) is -0.0662. The molecule has 1 aliphatic carbocycles. The number of nitrogens with two attached hydrogens (primary N) is 1. The molecule has 1 amide bonds. The molecule has 0 aromatic heterocycles. The van der Waals surface area contributed by atoms with Gasteiger partial charge in [-0.2, -0.15) is 0 Å². The second-order valence-corrected chi connectivity index (χ2v) is 3.67. The highest BCUT2D eigenvalue weighted by Crippen LogP contribution is 2.19. The van der Waals surface area contributed by atoms with Crippen LogP contribution in [0.3, 0.4) is 0 Å². The van der Waals surface area contributed by atoms with E-state index in [0.29, 0.717) is 11.6 Å². The summed E-state index contributed by atoms with van der Waals surface area (Å²) in [5.41, 5.74) is 6.29. The maximum atomic E-state index is 11.4. The van der Waals surface area contributed by atoms with E-state index >= 15 is 0 Å². The summed E-state index contributed by atoms with van der Waals surface area (Å²) in [5, 5.41) is 2.87. The van der Waals surface area contributed by atoms with Crippen LogP contribution in [0.4, 0.5) is 0 Å². The van der Waals surface area contributed by atoms with Gasteiger partial charge in [0.15, 0.2) is 0 Å². The van der Waals surface area contributed by atoms with E-state index in [0.717, 1.165) is 25.7 Å². The Labute approximate surface area is 79.4 Å². The van der Waals surface area contributed by atoms with Crippen molar-refractivity contribution < 1.29 is 4.79 Å². The van der Waals surface area contributed by atoms with Crippen LogP contribution in [0.2, 0.25) is 0 Å². The molecular formula is C10H18N2O. The maximum Gasteiger partial charge on any atom is 0.248 e. The molecule has 74 valence electrons. The van der Waals surface area contributed by atoms with Gasteiger partial charge in [-0.15, -0.1) is 0 Å². The van der Waals surface area contributed by atoms with Crippen molar-refractivity contribution in [2.24, 2.45) is 5.73 Å². The van der Waals surface area contributed by atoms with Gasteiger partial charge in [0.1, 0.15) is 0 Å². The molecule has 0 saturated heterocycles. The highest BCUT2D eigenvalue weighted by molar-refractivity contribution is 5.94. The third-order valence-electron chi connectivity index (χ3n) is 2.25. The van der Waals surface area contributed by atoms with Crippen LogP contribution in [-0.4, -0.2) is 18.0 Å². The van der Waals surface area contributed by atoms with Gasteiger partial charge in [-0.1, -0.05) is 19.9 Å². The Morgan fingerprint density at radius 2 is 2.31 bits per heavy atom. The number of hydrogen-bond donors (Lipinski definition) is 2. The van der Waals surface area contributed by atoms with Gasteiger partial charge in [-0.25, -0.2) is 0 Å². The predicted molar refractivity (Wildman–Crippen MR) is 53.2 cm³/mol. The molecule has 1 saturated carbocycles. The molecule has 1 atom stereocenters. The monoisotopic (exact) mass is 182 g/mol. The quantitative estimate of drug-likeness (QED) is 0.622. The van der Waals surface area contributed by atoms with Gasteiger partial charge in [-0.3, -0.25) is 4.79 Å². The molecule has 13 heavy (non-hydrogen) atoms. The Morgan fingerprint density at radius 3 is 2.77 bits per heavy atom. The fourth-order valence-corrected chi connectivity index (χ4v) is 1.16. The largest absolute Gasteiger partial charge is 0.350 e. The van der Waals surface area contributed by atoms with E-state index in [9.17, 15) is 4.79 Å². The number of carbonyl (C=O) groups is 1. The molecular weight excluding hydrogens is 164 g/mol. The molecule has 0 radical (unpaired) electrons. The SMILES string of the molecule is C=C(C(=O)NC1CC1)[C@@H](N)CCC. The molecule has 0 spiro atoms. The first-order chi connectivity index (χ1) is 6.15. The molecule has 3 heteroatoms. The molecule has 0 bridgehead atoms. The van der Waals surface area contributed by atoms with Gasteiger partial charge in [-0.05, 0) is 19.3 Å². The summed E-state index contributed by atoms with van der Waals surface area (Å²) in [6.45, 7) is 5.76. The predicted octanol–water partition coefficient (Wildman–Crippen LogP) is 0.949.